The standard InChI is InChI=1S/C15H21NO6.ClH/c1-2-20-15(17)11-9-13-14(10-12(11)16)22-8-6-19-4-3-18-5-7-21-13;/h9-10H,2-8,16H2,1H3;1H. The Kier molecular flexibility index (Phi) is 8.53. The first-order valence-electron chi connectivity index (χ1n) is 7.24. The van der Waals surface area contributed by atoms with Gasteiger partial charge in [0.05, 0.1) is 44.3 Å². The third kappa shape index (κ3) is 5.78. The minimum absolute atomic E-state index is 0. The number of anilines is 1. The fraction of sp³-hybridized carbons (Fsp3) is 0.533. The van der Waals surface area contributed by atoms with Crippen LogP contribution < -0.4 is 15.2 Å². The van der Waals surface area contributed by atoms with Crippen molar-refractivity contribution < 1.29 is 28.5 Å². The number of ether oxygens (including phenoxy) is 5. The highest BCUT2D eigenvalue weighted by molar-refractivity contribution is 5.96. The van der Waals surface area contributed by atoms with Crippen LogP contribution >= 0.6 is 12.4 Å². The quantitative estimate of drug-likeness (QED) is 0.643. The molecule has 1 heterocycles. The van der Waals surface area contributed by atoms with Crippen molar-refractivity contribution in [2.75, 3.05) is 52.0 Å². The number of halogens is 1. The molecule has 0 fully saturated rings. The van der Waals surface area contributed by atoms with Crippen LogP contribution in [0.3, 0.4) is 0 Å². The van der Waals surface area contributed by atoms with Crippen LogP contribution in [0.2, 0.25) is 0 Å². The Morgan fingerprint density at radius 3 is 2.13 bits per heavy atom. The van der Waals surface area contributed by atoms with Crippen LogP contribution in [-0.4, -0.2) is 52.2 Å². The maximum Gasteiger partial charge on any atom is 0.340 e. The number of hydrogen-bond acceptors (Lipinski definition) is 7. The summed E-state index contributed by atoms with van der Waals surface area (Å²) in [5.74, 6) is 0.410. The Hall–Kier alpha value is -1.70. The number of fused-ring (bicyclic) bond motifs is 1. The number of nitrogen functional groups attached to an aromatic ring is 1. The SMILES string of the molecule is CCOC(=O)c1cc2c(cc1N)OCCOCCOCCO2.Cl. The van der Waals surface area contributed by atoms with Gasteiger partial charge in [0.2, 0.25) is 0 Å². The Morgan fingerprint density at radius 1 is 1.04 bits per heavy atom. The lowest BCUT2D eigenvalue weighted by Gasteiger charge is -2.17. The summed E-state index contributed by atoms with van der Waals surface area (Å²) in [7, 11) is 0. The van der Waals surface area contributed by atoms with Gasteiger partial charge in [0.25, 0.3) is 0 Å². The number of carbonyl (C=O) groups excluding carboxylic acids is 1. The highest BCUT2D eigenvalue weighted by Crippen LogP contribution is 2.33. The van der Waals surface area contributed by atoms with E-state index in [0.29, 0.717) is 51.1 Å². The highest BCUT2D eigenvalue weighted by Gasteiger charge is 2.17. The van der Waals surface area contributed by atoms with Crippen LogP contribution in [0.4, 0.5) is 5.69 Å². The van der Waals surface area contributed by atoms with E-state index in [0.717, 1.165) is 0 Å². The highest BCUT2D eigenvalue weighted by atomic mass is 35.5. The van der Waals surface area contributed by atoms with Crippen LogP contribution in [0, 0.1) is 0 Å². The molecule has 23 heavy (non-hydrogen) atoms. The largest absolute Gasteiger partial charge is 0.487 e. The van der Waals surface area contributed by atoms with Gasteiger partial charge in [0, 0.05) is 12.1 Å². The van der Waals surface area contributed by atoms with Crippen LogP contribution in [-0.2, 0) is 14.2 Å². The molecule has 8 heteroatoms. The lowest BCUT2D eigenvalue weighted by molar-refractivity contribution is 0.0223. The number of esters is 1. The molecule has 0 spiro atoms. The van der Waals surface area contributed by atoms with Gasteiger partial charge in [-0.2, -0.15) is 0 Å². The van der Waals surface area contributed by atoms with Crippen molar-refractivity contribution >= 4 is 24.1 Å². The van der Waals surface area contributed by atoms with Gasteiger partial charge in [0.1, 0.15) is 13.2 Å². The molecule has 0 aliphatic carbocycles. The summed E-state index contributed by atoms with van der Waals surface area (Å²) in [6.45, 7) is 4.57. The molecule has 0 amide bonds. The van der Waals surface area contributed by atoms with E-state index in [1.54, 1.807) is 13.0 Å². The Morgan fingerprint density at radius 2 is 1.57 bits per heavy atom. The van der Waals surface area contributed by atoms with E-state index < -0.39 is 5.97 Å². The second kappa shape index (κ2) is 10.1. The Balaban J connectivity index is 0.00000264. The van der Waals surface area contributed by atoms with Gasteiger partial charge in [-0.05, 0) is 6.92 Å². The number of benzene rings is 1. The molecule has 0 saturated carbocycles. The summed E-state index contributed by atoms with van der Waals surface area (Å²) >= 11 is 0. The van der Waals surface area contributed by atoms with Gasteiger partial charge in [-0.3, -0.25) is 0 Å². The molecule has 1 aromatic rings. The smallest absolute Gasteiger partial charge is 0.340 e. The molecule has 0 radical (unpaired) electrons. The molecular weight excluding hydrogens is 326 g/mol. The summed E-state index contributed by atoms with van der Waals surface area (Å²) in [6.07, 6.45) is 0. The Bertz CT molecular complexity index is 511. The second-order valence-electron chi connectivity index (χ2n) is 4.53. The van der Waals surface area contributed by atoms with Crippen LogP contribution in [0.25, 0.3) is 0 Å². The second-order valence-corrected chi connectivity index (χ2v) is 4.53. The lowest BCUT2D eigenvalue weighted by Crippen LogP contribution is -2.16. The molecule has 0 bridgehead atoms. The molecule has 7 nitrogen and oxygen atoms in total. The molecule has 1 aliphatic heterocycles. The third-order valence-corrected chi connectivity index (χ3v) is 2.95. The molecule has 2 rings (SSSR count). The first-order chi connectivity index (χ1) is 10.7. The zero-order valence-corrected chi connectivity index (χ0v) is 13.9. The summed E-state index contributed by atoms with van der Waals surface area (Å²) < 4.78 is 26.9. The van der Waals surface area contributed by atoms with Crippen molar-refractivity contribution in [3.05, 3.63) is 17.7 Å². The normalized spacial score (nSPS) is 15.5. The van der Waals surface area contributed by atoms with Crippen molar-refractivity contribution in [1.82, 2.24) is 0 Å². The molecule has 0 unspecified atom stereocenters. The topological polar surface area (TPSA) is 89.2 Å². The maximum atomic E-state index is 11.9. The molecule has 0 aromatic heterocycles. The van der Waals surface area contributed by atoms with Crippen LogP contribution in [0.1, 0.15) is 17.3 Å². The maximum absolute atomic E-state index is 11.9. The van der Waals surface area contributed by atoms with E-state index in [1.807, 2.05) is 0 Å². The first kappa shape index (κ1) is 19.3. The van der Waals surface area contributed by atoms with Gasteiger partial charge >= 0.3 is 5.97 Å². The van der Waals surface area contributed by atoms with Gasteiger partial charge < -0.3 is 29.4 Å². The minimum atomic E-state index is -0.489. The van der Waals surface area contributed by atoms with Gasteiger partial charge in [-0.25, -0.2) is 4.79 Å². The van der Waals surface area contributed by atoms with E-state index in [9.17, 15) is 4.79 Å². The summed E-state index contributed by atoms with van der Waals surface area (Å²) in [5.41, 5.74) is 6.44. The van der Waals surface area contributed by atoms with E-state index >= 15 is 0 Å². The Labute approximate surface area is 141 Å². The first-order valence-corrected chi connectivity index (χ1v) is 7.24. The summed E-state index contributed by atoms with van der Waals surface area (Å²) in [5, 5.41) is 0. The molecule has 0 atom stereocenters. The van der Waals surface area contributed by atoms with Crippen molar-refractivity contribution in [3.8, 4) is 11.5 Å². The van der Waals surface area contributed by atoms with Gasteiger partial charge in [-0.1, -0.05) is 0 Å². The van der Waals surface area contributed by atoms with E-state index in [-0.39, 0.29) is 30.3 Å². The minimum Gasteiger partial charge on any atom is -0.487 e. The monoisotopic (exact) mass is 347 g/mol. The molecular formula is C15H22ClNO6. The number of hydrogen-bond donors (Lipinski definition) is 1. The fourth-order valence-corrected chi connectivity index (χ4v) is 1.93. The molecule has 1 aliphatic rings. The number of rotatable bonds is 2. The van der Waals surface area contributed by atoms with Crippen LogP contribution in [0.5, 0.6) is 11.5 Å². The zero-order chi connectivity index (χ0) is 15.8. The van der Waals surface area contributed by atoms with E-state index in [1.165, 1.54) is 6.07 Å². The van der Waals surface area contributed by atoms with Crippen molar-refractivity contribution in [3.63, 3.8) is 0 Å². The number of nitrogens with two attached hydrogens (primary N) is 1. The lowest BCUT2D eigenvalue weighted by atomic mass is 10.1. The number of carbonyl (C=O) groups is 1. The van der Waals surface area contributed by atoms with Gasteiger partial charge in [0.15, 0.2) is 11.5 Å². The van der Waals surface area contributed by atoms with Crippen molar-refractivity contribution in [2.45, 2.75) is 6.92 Å². The summed E-state index contributed by atoms with van der Waals surface area (Å²) in [4.78, 5) is 11.9. The average molecular weight is 348 g/mol. The zero-order valence-electron chi connectivity index (χ0n) is 13.0. The van der Waals surface area contributed by atoms with Crippen molar-refractivity contribution in [2.24, 2.45) is 0 Å². The third-order valence-electron chi connectivity index (χ3n) is 2.95. The molecule has 130 valence electrons. The van der Waals surface area contributed by atoms with Crippen molar-refractivity contribution in [1.29, 1.82) is 0 Å². The molecule has 2 N–H and O–H groups in total. The fourth-order valence-electron chi connectivity index (χ4n) is 1.93. The van der Waals surface area contributed by atoms with Crippen LogP contribution in [0.15, 0.2) is 12.1 Å². The predicted octanol–water partition coefficient (Wildman–Crippen LogP) is 1.67. The predicted molar refractivity (Wildman–Crippen MR) is 86.7 cm³/mol. The molecule has 1 aromatic carbocycles. The van der Waals surface area contributed by atoms with E-state index in [2.05, 4.69) is 0 Å². The van der Waals surface area contributed by atoms with Gasteiger partial charge in [-0.15, -0.1) is 12.4 Å². The van der Waals surface area contributed by atoms with E-state index in [4.69, 9.17) is 29.4 Å². The summed E-state index contributed by atoms with van der Waals surface area (Å²) in [6, 6.07) is 3.10. The average Bonchev–Trinajstić information content (AvgIpc) is 2.49. The molecule has 0 saturated heterocycles.